The highest BCUT2D eigenvalue weighted by molar-refractivity contribution is 7.15. The second-order valence-electron chi connectivity index (χ2n) is 6.33. The van der Waals surface area contributed by atoms with Crippen molar-refractivity contribution < 1.29 is 19.1 Å². The van der Waals surface area contributed by atoms with Crippen LogP contribution in [0.2, 0.25) is 5.02 Å². The number of nitrogens with zero attached hydrogens (tertiary/aromatic N) is 3. The molecule has 29 heavy (non-hydrogen) atoms. The summed E-state index contributed by atoms with van der Waals surface area (Å²) in [5, 5.41) is 20.1. The van der Waals surface area contributed by atoms with Gasteiger partial charge in [0.05, 0.1) is 11.6 Å². The van der Waals surface area contributed by atoms with Crippen LogP contribution in [0.1, 0.15) is 22.2 Å². The maximum absolute atomic E-state index is 13.5. The Morgan fingerprint density at radius 1 is 1.10 bits per heavy atom. The zero-order valence-corrected chi connectivity index (χ0v) is 16.5. The Labute approximate surface area is 173 Å². The van der Waals surface area contributed by atoms with Crippen molar-refractivity contribution in [3.8, 4) is 0 Å². The molecule has 1 N–H and O–H groups in total. The first-order valence-corrected chi connectivity index (χ1v) is 9.69. The van der Waals surface area contributed by atoms with E-state index in [1.54, 1.807) is 31.2 Å². The summed E-state index contributed by atoms with van der Waals surface area (Å²) in [6.07, 6.45) is 0. The number of aliphatic hydroxyl groups excluding tert-OH is 1. The van der Waals surface area contributed by atoms with E-state index in [0.717, 1.165) is 11.3 Å². The van der Waals surface area contributed by atoms with Crippen molar-refractivity contribution in [3.05, 3.63) is 81.1 Å². The first-order chi connectivity index (χ1) is 13.9. The Morgan fingerprint density at radius 3 is 2.34 bits per heavy atom. The minimum absolute atomic E-state index is 0.114. The van der Waals surface area contributed by atoms with Crippen molar-refractivity contribution in [2.24, 2.45) is 0 Å². The molecule has 0 unspecified atom stereocenters. The number of benzene rings is 2. The molecule has 146 valence electrons. The maximum atomic E-state index is 13.5. The average Bonchev–Trinajstić information content (AvgIpc) is 3.24. The molecule has 1 atom stereocenters. The third-order valence-corrected chi connectivity index (χ3v) is 5.56. The van der Waals surface area contributed by atoms with E-state index in [4.69, 9.17) is 11.6 Å². The summed E-state index contributed by atoms with van der Waals surface area (Å²) in [6.45, 7) is 1.72. The Balaban J connectivity index is 1.93. The van der Waals surface area contributed by atoms with E-state index in [1.165, 1.54) is 29.2 Å². The fourth-order valence-electron chi connectivity index (χ4n) is 3.14. The fraction of sp³-hybridized carbons (Fsp3) is 0.100. The van der Waals surface area contributed by atoms with Gasteiger partial charge in [-0.05, 0) is 48.9 Å². The lowest BCUT2D eigenvalue weighted by molar-refractivity contribution is -0.132. The molecule has 2 heterocycles. The van der Waals surface area contributed by atoms with Crippen LogP contribution >= 0.6 is 22.9 Å². The van der Waals surface area contributed by atoms with E-state index in [1.807, 2.05) is 0 Å². The molecule has 4 rings (SSSR count). The monoisotopic (exact) mass is 429 g/mol. The molecule has 0 saturated carbocycles. The SMILES string of the molecule is Cc1nnc(N2C(=O)C(=O)C(=C(O)c3ccc(Cl)cc3)[C@H]2c2ccc(F)cc2)s1. The van der Waals surface area contributed by atoms with Crippen molar-refractivity contribution in [1.29, 1.82) is 0 Å². The number of halogens is 2. The molecular formula is C20H13ClFN3O3S. The Bertz CT molecular complexity index is 1140. The summed E-state index contributed by atoms with van der Waals surface area (Å²) in [4.78, 5) is 26.9. The second-order valence-corrected chi connectivity index (χ2v) is 7.93. The summed E-state index contributed by atoms with van der Waals surface area (Å²) < 4.78 is 13.5. The van der Waals surface area contributed by atoms with Crippen LogP contribution in [0.5, 0.6) is 0 Å². The summed E-state index contributed by atoms with van der Waals surface area (Å²) in [7, 11) is 0. The largest absolute Gasteiger partial charge is 0.507 e. The van der Waals surface area contributed by atoms with Gasteiger partial charge in [-0.3, -0.25) is 14.5 Å². The number of Topliss-reactive ketones (excluding diaryl/α,β-unsaturated/α-hetero) is 1. The summed E-state index contributed by atoms with van der Waals surface area (Å²) >= 11 is 7.04. The molecular weight excluding hydrogens is 417 g/mol. The van der Waals surface area contributed by atoms with Crippen molar-refractivity contribution in [1.82, 2.24) is 10.2 Å². The topological polar surface area (TPSA) is 83.4 Å². The summed E-state index contributed by atoms with van der Waals surface area (Å²) in [6, 6.07) is 10.6. The molecule has 1 aliphatic rings. The number of carbonyl (C=O) groups excluding carboxylic acids is 2. The van der Waals surface area contributed by atoms with E-state index in [2.05, 4.69) is 10.2 Å². The van der Waals surface area contributed by atoms with Crippen LogP contribution in [0.25, 0.3) is 5.76 Å². The van der Waals surface area contributed by atoms with E-state index in [9.17, 15) is 19.1 Å². The van der Waals surface area contributed by atoms with E-state index >= 15 is 0 Å². The number of hydrogen-bond donors (Lipinski definition) is 1. The number of aromatic nitrogens is 2. The van der Waals surface area contributed by atoms with Crippen LogP contribution < -0.4 is 4.90 Å². The Kier molecular flexibility index (Phi) is 4.89. The van der Waals surface area contributed by atoms with Crippen molar-refractivity contribution in [2.45, 2.75) is 13.0 Å². The molecule has 6 nitrogen and oxygen atoms in total. The molecule has 1 amide bonds. The molecule has 1 aromatic heterocycles. The van der Waals surface area contributed by atoms with Gasteiger partial charge >= 0.3 is 5.91 Å². The lowest BCUT2D eigenvalue weighted by atomic mass is 9.95. The fourth-order valence-corrected chi connectivity index (χ4v) is 3.98. The quantitative estimate of drug-likeness (QED) is 0.382. The van der Waals surface area contributed by atoms with Gasteiger partial charge in [0.1, 0.15) is 16.6 Å². The van der Waals surface area contributed by atoms with Crippen LogP contribution in [-0.2, 0) is 9.59 Å². The lowest BCUT2D eigenvalue weighted by Crippen LogP contribution is -2.29. The summed E-state index contributed by atoms with van der Waals surface area (Å²) in [5.41, 5.74) is 0.665. The van der Waals surface area contributed by atoms with Gasteiger partial charge in [-0.15, -0.1) is 10.2 Å². The normalized spacial score (nSPS) is 18.4. The predicted octanol–water partition coefficient (Wildman–Crippen LogP) is 4.27. The zero-order chi connectivity index (χ0) is 20.7. The van der Waals surface area contributed by atoms with Crippen LogP contribution in [0.4, 0.5) is 9.52 Å². The van der Waals surface area contributed by atoms with Crippen molar-refractivity contribution in [3.63, 3.8) is 0 Å². The van der Waals surface area contributed by atoms with Crippen LogP contribution in [0.3, 0.4) is 0 Å². The number of aliphatic hydroxyl groups is 1. The second kappa shape index (κ2) is 7.38. The van der Waals surface area contributed by atoms with Gasteiger partial charge in [0.2, 0.25) is 5.13 Å². The van der Waals surface area contributed by atoms with Crippen LogP contribution in [0.15, 0.2) is 54.1 Å². The van der Waals surface area contributed by atoms with Gasteiger partial charge in [-0.1, -0.05) is 35.1 Å². The first-order valence-electron chi connectivity index (χ1n) is 8.49. The molecule has 0 spiro atoms. The number of anilines is 1. The molecule has 1 saturated heterocycles. The van der Waals surface area contributed by atoms with Crippen molar-refractivity contribution >= 4 is 45.5 Å². The Morgan fingerprint density at radius 2 is 1.76 bits per heavy atom. The third-order valence-electron chi connectivity index (χ3n) is 4.47. The zero-order valence-electron chi connectivity index (χ0n) is 15.0. The molecule has 1 fully saturated rings. The average molecular weight is 430 g/mol. The molecule has 1 aliphatic heterocycles. The van der Waals surface area contributed by atoms with Crippen LogP contribution in [0, 0.1) is 12.7 Å². The third kappa shape index (κ3) is 3.41. The van der Waals surface area contributed by atoms with Crippen LogP contribution in [-0.4, -0.2) is 27.0 Å². The van der Waals surface area contributed by atoms with Crippen molar-refractivity contribution in [2.75, 3.05) is 4.90 Å². The van der Waals surface area contributed by atoms with E-state index in [0.29, 0.717) is 21.2 Å². The molecule has 2 aromatic carbocycles. The first kappa shape index (κ1) is 19.2. The van der Waals surface area contributed by atoms with Gasteiger partial charge in [-0.2, -0.15) is 0 Å². The molecule has 9 heteroatoms. The van der Waals surface area contributed by atoms with Gasteiger partial charge in [-0.25, -0.2) is 4.39 Å². The summed E-state index contributed by atoms with van der Waals surface area (Å²) in [5.74, 6) is -2.51. The van der Waals surface area contributed by atoms with Gasteiger partial charge in [0.15, 0.2) is 0 Å². The number of rotatable bonds is 3. The smallest absolute Gasteiger partial charge is 0.301 e. The van der Waals surface area contributed by atoms with E-state index < -0.39 is 23.5 Å². The van der Waals surface area contributed by atoms with E-state index in [-0.39, 0.29) is 16.5 Å². The number of aryl methyl sites for hydroxylation is 1. The van der Waals surface area contributed by atoms with Gasteiger partial charge in [0, 0.05) is 10.6 Å². The molecule has 0 aliphatic carbocycles. The minimum atomic E-state index is -0.973. The highest BCUT2D eigenvalue weighted by Crippen LogP contribution is 2.42. The molecule has 0 bridgehead atoms. The number of amides is 1. The number of ketones is 1. The Hall–Kier alpha value is -3.10. The standard InChI is InChI=1S/C20H13ClFN3O3S/c1-10-23-24-20(29-10)25-16(11-4-8-14(22)9-5-11)15(18(27)19(25)28)17(26)12-2-6-13(21)7-3-12/h2-9,16,26H,1H3/t16-/m1/s1. The molecule has 0 radical (unpaired) electrons. The highest BCUT2D eigenvalue weighted by atomic mass is 35.5. The molecule has 3 aromatic rings. The predicted molar refractivity (Wildman–Crippen MR) is 107 cm³/mol. The van der Waals surface area contributed by atoms with Gasteiger partial charge in [0.25, 0.3) is 5.78 Å². The minimum Gasteiger partial charge on any atom is -0.507 e. The number of carbonyl (C=O) groups is 2. The highest BCUT2D eigenvalue weighted by Gasteiger charge is 2.48. The lowest BCUT2D eigenvalue weighted by Gasteiger charge is -2.22. The number of hydrogen-bond acceptors (Lipinski definition) is 6. The van der Waals surface area contributed by atoms with Gasteiger partial charge < -0.3 is 5.11 Å². The maximum Gasteiger partial charge on any atom is 0.301 e.